The molecule has 2 aromatic rings. The predicted molar refractivity (Wildman–Crippen MR) is 133 cm³/mol. The van der Waals surface area contributed by atoms with Crippen LogP contribution in [0.5, 0.6) is 5.75 Å². The monoisotopic (exact) mass is 469 g/mol. The van der Waals surface area contributed by atoms with E-state index in [9.17, 15) is 9.90 Å². The number of aliphatic carboxylic acids is 1. The van der Waals surface area contributed by atoms with Gasteiger partial charge in [0.1, 0.15) is 5.75 Å². The summed E-state index contributed by atoms with van der Waals surface area (Å²) in [4.78, 5) is 14.1. The minimum atomic E-state index is -0.622. The smallest absolute Gasteiger partial charge is 0.306 e. The molecule has 2 aromatic carbocycles. The first kappa shape index (κ1) is 23.0. The molecular weight excluding hydrogens is 434 g/mol. The first-order chi connectivity index (χ1) is 16.0. The topological polar surface area (TPSA) is 49.8 Å². The number of carboxylic acids is 1. The van der Waals surface area contributed by atoms with Gasteiger partial charge in [-0.05, 0) is 80.4 Å². The van der Waals surface area contributed by atoms with Crippen molar-refractivity contribution in [3.8, 4) is 5.75 Å². The molecule has 0 radical (unpaired) electrons. The van der Waals surface area contributed by atoms with Crippen molar-refractivity contribution in [1.29, 1.82) is 0 Å². The van der Waals surface area contributed by atoms with Gasteiger partial charge in [0.15, 0.2) is 0 Å². The number of nitrogens with zero attached hydrogens (tertiary/aromatic N) is 1. The van der Waals surface area contributed by atoms with Crippen LogP contribution in [0.15, 0.2) is 30.3 Å². The number of fused-ring (bicyclic) bond motifs is 3. The first-order valence-corrected chi connectivity index (χ1v) is 13.3. The molecule has 5 rings (SSSR count). The lowest BCUT2D eigenvalue weighted by Crippen LogP contribution is -2.52. The molecule has 2 bridgehead atoms. The van der Waals surface area contributed by atoms with E-state index in [-0.39, 0.29) is 12.0 Å². The first-order valence-electron chi connectivity index (χ1n) is 12.9. The van der Waals surface area contributed by atoms with Crippen LogP contribution >= 0.6 is 11.6 Å². The summed E-state index contributed by atoms with van der Waals surface area (Å²) >= 11 is 6.79. The van der Waals surface area contributed by atoms with E-state index in [1.165, 1.54) is 31.2 Å². The molecule has 33 heavy (non-hydrogen) atoms. The summed E-state index contributed by atoms with van der Waals surface area (Å²) in [6, 6.07) is 11.5. The van der Waals surface area contributed by atoms with E-state index in [1.807, 2.05) is 6.07 Å². The van der Waals surface area contributed by atoms with Crippen LogP contribution in [0, 0.1) is 11.8 Å². The number of hydrogen-bond acceptors (Lipinski definition) is 3. The molecule has 2 aliphatic heterocycles. The minimum Gasteiger partial charge on any atom is -0.489 e. The van der Waals surface area contributed by atoms with Gasteiger partial charge < -0.3 is 9.84 Å². The van der Waals surface area contributed by atoms with Crippen molar-refractivity contribution in [2.75, 3.05) is 0 Å². The highest BCUT2D eigenvalue weighted by atomic mass is 35.5. The quantitative estimate of drug-likeness (QED) is 0.492. The Morgan fingerprint density at radius 1 is 1.06 bits per heavy atom. The molecule has 178 valence electrons. The number of carbonyl (C=O) groups is 1. The summed E-state index contributed by atoms with van der Waals surface area (Å²) in [5.74, 6) is 0.859. The van der Waals surface area contributed by atoms with Crippen LogP contribution in [0.3, 0.4) is 0 Å². The summed E-state index contributed by atoms with van der Waals surface area (Å²) in [6.45, 7) is 3.17. The summed E-state index contributed by atoms with van der Waals surface area (Å²) < 4.78 is 6.33. The number of piperidine rings is 2. The third-order valence-corrected chi connectivity index (χ3v) is 8.88. The van der Waals surface area contributed by atoms with Gasteiger partial charge in [0.2, 0.25) is 0 Å². The molecule has 4 nitrogen and oxygen atoms in total. The molecule has 3 aliphatic rings. The Morgan fingerprint density at radius 3 is 2.45 bits per heavy atom. The van der Waals surface area contributed by atoms with Crippen LogP contribution in [0.4, 0.5) is 0 Å². The van der Waals surface area contributed by atoms with Crippen LogP contribution in [-0.4, -0.2) is 34.2 Å². The molecule has 2 unspecified atom stereocenters. The van der Waals surface area contributed by atoms with E-state index < -0.39 is 5.97 Å². The van der Waals surface area contributed by atoms with Crippen LogP contribution in [-0.2, 0) is 11.3 Å². The average Bonchev–Trinajstić information content (AvgIpc) is 2.81. The van der Waals surface area contributed by atoms with Crippen molar-refractivity contribution < 1.29 is 14.6 Å². The predicted octanol–water partition coefficient (Wildman–Crippen LogP) is 7.06. The Labute approximate surface area is 202 Å². The minimum absolute atomic E-state index is 0.178. The third-order valence-electron chi connectivity index (χ3n) is 8.49. The molecule has 5 heteroatoms. The van der Waals surface area contributed by atoms with Gasteiger partial charge in [0.25, 0.3) is 0 Å². The summed E-state index contributed by atoms with van der Waals surface area (Å²) in [5, 5.41) is 12.4. The van der Waals surface area contributed by atoms with Gasteiger partial charge in [-0.15, -0.1) is 0 Å². The van der Waals surface area contributed by atoms with E-state index in [1.54, 1.807) is 0 Å². The van der Waals surface area contributed by atoms with Crippen molar-refractivity contribution in [2.45, 2.75) is 95.9 Å². The average molecular weight is 470 g/mol. The molecule has 3 fully saturated rings. The normalized spacial score (nSPS) is 30.3. The van der Waals surface area contributed by atoms with E-state index in [2.05, 4.69) is 36.1 Å². The molecule has 0 amide bonds. The van der Waals surface area contributed by atoms with Crippen LogP contribution in [0.1, 0.15) is 76.7 Å². The molecule has 1 N–H and O–H groups in total. The molecule has 0 spiro atoms. The second-order valence-corrected chi connectivity index (χ2v) is 10.9. The van der Waals surface area contributed by atoms with Gasteiger partial charge in [-0.2, -0.15) is 0 Å². The van der Waals surface area contributed by atoms with Crippen LogP contribution in [0.25, 0.3) is 10.8 Å². The Morgan fingerprint density at radius 2 is 1.79 bits per heavy atom. The van der Waals surface area contributed by atoms with Crippen molar-refractivity contribution >= 4 is 28.3 Å². The number of halogens is 1. The highest BCUT2D eigenvalue weighted by Crippen LogP contribution is 2.40. The maximum Gasteiger partial charge on any atom is 0.306 e. The summed E-state index contributed by atoms with van der Waals surface area (Å²) in [5.41, 5.74) is 1.27. The molecule has 2 heterocycles. The fraction of sp³-hybridized carbons (Fsp3) is 0.607. The molecule has 1 saturated carbocycles. The zero-order valence-electron chi connectivity index (χ0n) is 19.6. The van der Waals surface area contributed by atoms with E-state index in [0.717, 1.165) is 72.5 Å². The van der Waals surface area contributed by atoms with E-state index >= 15 is 0 Å². The lowest BCUT2D eigenvalue weighted by molar-refractivity contribution is -0.146. The highest BCUT2D eigenvalue weighted by molar-refractivity contribution is 6.37. The Hall–Kier alpha value is -1.78. The van der Waals surface area contributed by atoms with E-state index in [4.69, 9.17) is 16.3 Å². The zero-order chi connectivity index (χ0) is 22.9. The summed E-state index contributed by atoms with van der Waals surface area (Å²) in [7, 11) is 0. The van der Waals surface area contributed by atoms with Crippen LogP contribution in [0.2, 0.25) is 5.02 Å². The highest BCUT2D eigenvalue weighted by Gasteiger charge is 2.40. The fourth-order valence-electron chi connectivity index (χ4n) is 6.50. The van der Waals surface area contributed by atoms with Crippen molar-refractivity contribution in [2.24, 2.45) is 11.8 Å². The lowest BCUT2D eigenvalue weighted by atomic mass is 9.78. The van der Waals surface area contributed by atoms with Gasteiger partial charge in [0.05, 0.1) is 17.0 Å². The van der Waals surface area contributed by atoms with Crippen molar-refractivity contribution in [3.63, 3.8) is 0 Å². The second-order valence-electron chi connectivity index (χ2n) is 10.5. The van der Waals surface area contributed by atoms with Gasteiger partial charge in [-0.25, -0.2) is 0 Å². The second kappa shape index (κ2) is 9.84. The number of carboxylic acid groups (broad SMARTS) is 1. The molecule has 1 aliphatic carbocycles. The largest absolute Gasteiger partial charge is 0.489 e. The van der Waals surface area contributed by atoms with Gasteiger partial charge in [0, 0.05) is 24.0 Å². The van der Waals surface area contributed by atoms with Gasteiger partial charge >= 0.3 is 5.97 Å². The molecule has 2 saturated heterocycles. The summed E-state index contributed by atoms with van der Waals surface area (Å²) in [6.07, 6.45) is 11.3. The Balaban J connectivity index is 1.29. The SMILES string of the molecule is CCC1CCC(Oc2ccc3cc(CN4C5CCCC4CC(C(=O)O)C5)ccc3c2Cl)CC1. The number of hydrogen-bond donors (Lipinski definition) is 1. The zero-order valence-corrected chi connectivity index (χ0v) is 20.4. The maximum absolute atomic E-state index is 11.6. The standard InChI is InChI=1S/C28H36ClNO3/c1-2-18-6-10-24(11-7-18)33-26-13-9-20-14-19(8-12-25(20)27(26)29)17-30-22-4-3-5-23(30)16-21(15-22)28(31)32/h8-9,12-14,18,21-24H,2-7,10-11,15-17H2,1H3,(H,31,32). The maximum atomic E-state index is 11.6. The molecular formula is C28H36ClNO3. The number of ether oxygens (including phenoxy) is 1. The Kier molecular flexibility index (Phi) is 6.85. The van der Waals surface area contributed by atoms with Gasteiger partial charge in [-0.3, -0.25) is 9.69 Å². The van der Waals surface area contributed by atoms with Gasteiger partial charge in [-0.1, -0.05) is 49.6 Å². The fourth-order valence-corrected chi connectivity index (χ4v) is 6.78. The number of benzene rings is 2. The van der Waals surface area contributed by atoms with Crippen molar-refractivity contribution in [3.05, 3.63) is 40.9 Å². The molecule has 0 aromatic heterocycles. The molecule has 2 atom stereocenters. The van der Waals surface area contributed by atoms with E-state index in [0.29, 0.717) is 12.1 Å². The van der Waals surface area contributed by atoms with Crippen molar-refractivity contribution in [1.82, 2.24) is 4.90 Å². The number of rotatable bonds is 6. The lowest BCUT2D eigenvalue weighted by Gasteiger charge is -2.48. The third kappa shape index (κ3) is 4.88. The van der Waals surface area contributed by atoms with Crippen LogP contribution < -0.4 is 4.74 Å². The Bertz CT molecular complexity index is 986.